The Morgan fingerprint density at radius 1 is 1.21 bits per heavy atom. The van der Waals surface area contributed by atoms with E-state index in [1.165, 1.54) is 0 Å². The van der Waals surface area contributed by atoms with E-state index in [1.807, 2.05) is 12.1 Å². The van der Waals surface area contributed by atoms with Crippen LogP contribution in [-0.4, -0.2) is 26.8 Å². The van der Waals surface area contributed by atoms with Crippen LogP contribution in [0.15, 0.2) is 65.5 Å². The fraction of sp³-hybridized carbons (Fsp3) is 0.118. The minimum absolute atomic E-state index is 0.265. The SMILES string of the molecule is CC(Oc1ccc(Br)cc1)C(=O)Nc1cccnc1-n1cccn1. The number of halogens is 1. The van der Waals surface area contributed by atoms with Crippen molar-refractivity contribution < 1.29 is 9.53 Å². The van der Waals surface area contributed by atoms with Gasteiger partial charge in [-0.15, -0.1) is 0 Å². The van der Waals surface area contributed by atoms with Crippen molar-refractivity contribution in [3.8, 4) is 11.6 Å². The predicted molar refractivity (Wildman–Crippen MR) is 94.2 cm³/mol. The van der Waals surface area contributed by atoms with Gasteiger partial charge in [-0.05, 0) is 49.4 Å². The van der Waals surface area contributed by atoms with Gasteiger partial charge >= 0.3 is 0 Å². The number of hydrogen-bond donors (Lipinski definition) is 1. The molecule has 1 amide bonds. The van der Waals surface area contributed by atoms with Crippen LogP contribution in [0.25, 0.3) is 5.82 Å². The van der Waals surface area contributed by atoms with Crippen molar-refractivity contribution in [1.29, 1.82) is 0 Å². The zero-order valence-electron chi connectivity index (χ0n) is 12.9. The fourth-order valence-electron chi connectivity index (χ4n) is 2.08. The summed E-state index contributed by atoms with van der Waals surface area (Å²) in [6.45, 7) is 1.70. The molecule has 0 aliphatic rings. The second-order valence-corrected chi connectivity index (χ2v) is 5.94. The summed E-state index contributed by atoms with van der Waals surface area (Å²) in [5, 5.41) is 6.98. The van der Waals surface area contributed by atoms with Gasteiger partial charge in [-0.2, -0.15) is 5.10 Å². The van der Waals surface area contributed by atoms with Crippen molar-refractivity contribution in [3.63, 3.8) is 0 Å². The Bertz CT molecular complexity index is 819. The number of rotatable bonds is 5. The smallest absolute Gasteiger partial charge is 0.265 e. The average molecular weight is 387 g/mol. The van der Waals surface area contributed by atoms with Crippen LogP contribution in [0.1, 0.15) is 6.92 Å². The highest BCUT2D eigenvalue weighted by Gasteiger charge is 2.17. The van der Waals surface area contributed by atoms with Gasteiger partial charge in [0.05, 0.1) is 5.69 Å². The van der Waals surface area contributed by atoms with Gasteiger partial charge in [-0.1, -0.05) is 15.9 Å². The molecule has 7 heteroatoms. The van der Waals surface area contributed by atoms with E-state index in [4.69, 9.17) is 4.74 Å². The van der Waals surface area contributed by atoms with Crippen molar-refractivity contribution in [2.24, 2.45) is 0 Å². The van der Waals surface area contributed by atoms with E-state index in [0.29, 0.717) is 17.3 Å². The summed E-state index contributed by atoms with van der Waals surface area (Å²) in [4.78, 5) is 16.7. The number of hydrogen-bond acceptors (Lipinski definition) is 4. The number of carbonyl (C=O) groups is 1. The molecule has 0 saturated heterocycles. The van der Waals surface area contributed by atoms with Gasteiger partial charge in [-0.3, -0.25) is 4.79 Å². The number of carbonyl (C=O) groups excluding carboxylic acids is 1. The summed E-state index contributed by atoms with van der Waals surface area (Å²) in [5.74, 6) is 0.908. The van der Waals surface area contributed by atoms with E-state index in [2.05, 4.69) is 31.3 Å². The first-order valence-electron chi connectivity index (χ1n) is 7.31. The van der Waals surface area contributed by atoms with Crippen molar-refractivity contribution in [3.05, 3.63) is 65.5 Å². The van der Waals surface area contributed by atoms with Crippen molar-refractivity contribution in [2.75, 3.05) is 5.32 Å². The number of pyridine rings is 1. The Labute approximate surface area is 147 Å². The molecule has 1 aromatic carbocycles. The molecule has 0 saturated carbocycles. The highest BCUT2D eigenvalue weighted by Crippen LogP contribution is 2.19. The summed E-state index contributed by atoms with van der Waals surface area (Å²) in [6.07, 6.45) is 4.41. The summed E-state index contributed by atoms with van der Waals surface area (Å²) in [7, 11) is 0. The van der Waals surface area contributed by atoms with Crippen LogP contribution in [-0.2, 0) is 4.79 Å². The molecule has 3 rings (SSSR count). The lowest BCUT2D eigenvalue weighted by Crippen LogP contribution is -2.30. The molecule has 1 atom stereocenters. The standard InChI is InChI=1S/C17H15BrN4O2/c1-12(24-14-7-5-13(18)6-8-14)17(23)21-15-4-2-9-19-16(15)22-11-3-10-20-22/h2-12H,1H3,(H,21,23). The Morgan fingerprint density at radius 3 is 2.71 bits per heavy atom. The van der Waals surface area contributed by atoms with E-state index in [1.54, 1.807) is 60.5 Å². The zero-order valence-corrected chi connectivity index (χ0v) is 14.5. The normalized spacial score (nSPS) is 11.8. The van der Waals surface area contributed by atoms with E-state index in [0.717, 1.165) is 4.47 Å². The first kappa shape index (κ1) is 16.2. The van der Waals surface area contributed by atoms with E-state index >= 15 is 0 Å². The second-order valence-electron chi connectivity index (χ2n) is 5.03. The molecule has 1 N–H and O–H groups in total. The van der Waals surface area contributed by atoms with E-state index < -0.39 is 6.10 Å². The Hall–Kier alpha value is -2.67. The molecule has 0 spiro atoms. The Balaban J connectivity index is 1.72. The molecule has 0 aliphatic heterocycles. The predicted octanol–water partition coefficient (Wildman–Crippen LogP) is 3.44. The molecule has 2 aromatic heterocycles. The van der Waals surface area contributed by atoms with Gasteiger partial charge in [-0.25, -0.2) is 9.67 Å². The van der Waals surface area contributed by atoms with Crippen LogP contribution in [0.2, 0.25) is 0 Å². The molecule has 3 aromatic rings. The van der Waals surface area contributed by atoms with E-state index in [9.17, 15) is 4.79 Å². The largest absolute Gasteiger partial charge is 0.481 e. The maximum absolute atomic E-state index is 12.4. The van der Waals surface area contributed by atoms with Crippen LogP contribution in [0, 0.1) is 0 Å². The van der Waals surface area contributed by atoms with Gasteiger partial charge in [0.1, 0.15) is 5.75 Å². The molecule has 0 radical (unpaired) electrons. The van der Waals surface area contributed by atoms with Crippen molar-refractivity contribution in [2.45, 2.75) is 13.0 Å². The van der Waals surface area contributed by atoms with Gasteiger partial charge in [0.2, 0.25) is 0 Å². The molecule has 0 fully saturated rings. The molecule has 24 heavy (non-hydrogen) atoms. The van der Waals surface area contributed by atoms with Crippen molar-refractivity contribution >= 4 is 27.5 Å². The number of nitrogens with zero attached hydrogens (tertiary/aromatic N) is 3. The molecule has 1 unspecified atom stereocenters. The number of anilines is 1. The lowest BCUT2D eigenvalue weighted by molar-refractivity contribution is -0.122. The van der Waals surface area contributed by atoms with Gasteiger partial charge in [0, 0.05) is 23.1 Å². The van der Waals surface area contributed by atoms with Gasteiger partial charge in [0.15, 0.2) is 11.9 Å². The maximum Gasteiger partial charge on any atom is 0.265 e. The Morgan fingerprint density at radius 2 is 2.00 bits per heavy atom. The van der Waals surface area contributed by atoms with Crippen LogP contribution in [0.4, 0.5) is 5.69 Å². The summed E-state index contributed by atoms with van der Waals surface area (Å²) < 4.78 is 8.20. The first-order chi connectivity index (χ1) is 11.6. The lowest BCUT2D eigenvalue weighted by Gasteiger charge is -2.16. The van der Waals surface area contributed by atoms with Crippen LogP contribution in [0.5, 0.6) is 5.75 Å². The van der Waals surface area contributed by atoms with Gasteiger partial charge in [0.25, 0.3) is 5.91 Å². The summed E-state index contributed by atoms with van der Waals surface area (Å²) in [6, 6.07) is 12.6. The number of nitrogens with one attached hydrogen (secondary N) is 1. The number of aromatic nitrogens is 3. The molecule has 122 valence electrons. The number of ether oxygens (including phenoxy) is 1. The summed E-state index contributed by atoms with van der Waals surface area (Å²) in [5.41, 5.74) is 0.567. The molecule has 0 bridgehead atoms. The minimum Gasteiger partial charge on any atom is -0.481 e. The van der Waals surface area contributed by atoms with Crippen molar-refractivity contribution in [1.82, 2.24) is 14.8 Å². The summed E-state index contributed by atoms with van der Waals surface area (Å²) >= 11 is 3.36. The Kier molecular flexibility index (Phi) is 4.90. The highest BCUT2D eigenvalue weighted by molar-refractivity contribution is 9.10. The average Bonchev–Trinajstić information content (AvgIpc) is 3.11. The first-order valence-corrected chi connectivity index (χ1v) is 8.11. The monoisotopic (exact) mass is 386 g/mol. The lowest BCUT2D eigenvalue weighted by atomic mass is 10.3. The number of benzene rings is 1. The third-order valence-corrected chi connectivity index (χ3v) is 3.79. The molecule has 0 aliphatic carbocycles. The van der Waals surface area contributed by atoms with Gasteiger partial charge < -0.3 is 10.1 Å². The third-order valence-electron chi connectivity index (χ3n) is 3.26. The number of amides is 1. The third kappa shape index (κ3) is 3.80. The second kappa shape index (κ2) is 7.27. The maximum atomic E-state index is 12.4. The molecular formula is C17H15BrN4O2. The zero-order chi connectivity index (χ0) is 16.9. The van der Waals surface area contributed by atoms with Crippen LogP contribution >= 0.6 is 15.9 Å². The quantitative estimate of drug-likeness (QED) is 0.728. The van der Waals surface area contributed by atoms with Crippen LogP contribution in [0.3, 0.4) is 0 Å². The molecular weight excluding hydrogens is 372 g/mol. The van der Waals surface area contributed by atoms with E-state index in [-0.39, 0.29) is 5.91 Å². The highest BCUT2D eigenvalue weighted by atomic mass is 79.9. The minimum atomic E-state index is -0.656. The molecule has 6 nitrogen and oxygen atoms in total. The topological polar surface area (TPSA) is 69.0 Å². The van der Waals surface area contributed by atoms with Crippen LogP contribution < -0.4 is 10.1 Å². The fourth-order valence-corrected chi connectivity index (χ4v) is 2.34. The molecule has 2 heterocycles.